The van der Waals surface area contributed by atoms with E-state index in [2.05, 4.69) is 11.9 Å². The summed E-state index contributed by atoms with van der Waals surface area (Å²) in [5.74, 6) is -0.444. The Labute approximate surface area is 173 Å². The van der Waals surface area contributed by atoms with Crippen molar-refractivity contribution in [2.24, 2.45) is 0 Å². The number of unbranched alkanes of at least 4 members (excludes halogenated alkanes) is 2. The summed E-state index contributed by atoms with van der Waals surface area (Å²) in [6.45, 7) is 4.47. The van der Waals surface area contributed by atoms with E-state index in [0.29, 0.717) is 23.1 Å². The number of nitrogens with zero attached hydrogens (tertiary/aromatic N) is 2. The van der Waals surface area contributed by atoms with E-state index in [0.717, 1.165) is 25.7 Å². The normalized spacial score (nSPS) is 20.7. The second-order valence-corrected chi connectivity index (χ2v) is 8.94. The fourth-order valence-corrected chi connectivity index (χ4v) is 4.76. The van der Waals surface area contributed by atoms with Crippen molar-refractivity contribution < 1.29 is 24.5 Å². The van der Waals surface area contributed by atoms with Crippen LogP contribution in [0.25, 0.3) is 0 Å². The molecule has 1 aromatic heterocycles. The summed E-state index contributed by atoms with van der Waals surface area (Å²) in [4.78, 5) is 28.7. The molecule has 1 fully saturated rings. The Balaban J connectivity index is 1.82. The number of carbonyl (C=O) groups is 2. The van der Waals surface area contributed by atoms with Gasteiger partial charge in [-0.25, -0.2) is 14.6 Å². The number of carboxylic acids is 1. The van der Waals surface area contributed by atoms with Gasteiger partial charge in [0.1, 0.15) is 6.10 Å². The predicted molar refractivity (Wildman–Crippen MR) is 110 cm³/mol. The molecular weight excluding hydrogens is 400 g/mol. The Morgan fingerprint density at radius 3 is 2.96 bits per heavy atom. The van der Waals surface area contributed by atoms with Gasteiger partial charge < -0.3 is 14.9 Å². The first-order chi connectivity index (χ1) is 13.4. The second kappa shape index (κ2) is 11.4. The molecule has 3 unspecified atom stereocenters. The predicted octanol–water partition coefficient (Wildman–Crippen LogP) is 4.03. The number of carboxylic acid groups (broad SMARTS) is 1. The number of amides is 1. The molecule has 0 aliphatic carbocycles. The molecule has 0 spiro atoms. The highest BCUT2D eigenvalue weighted by atomic mass is 32.2. The number of rotatable bonds is 12. The van der Waals surface area contributed by atoms with Crippen molar-refractivity contribution in [2.75, 3.05) is 12.3 Å². The minimum atomic E-state index is -1.04. The minimum Gasteiger partial charge on any atom is -0.476 e. The molecule has 156 valence electrons. The molecule has 28 heavy (non-hydrogen) atoms. The number of aromatic carboxylic acids is 1. The van der Waals surface area contributed by atoms with Crippen LogP contribution in [0, 0.1) is 0 Å². The van der Waals surface area contributed by atoms with Crippen LogP contribution < -0.4 is 0 Å². The third-order valence-corrected chi connectivity index (χ3v) is 6.51. The highest BCUT2D eigenvalue weighted by Gasteiger charge is 2.36. The van der Waals surface area contributed by atoms with Crippen molar-refractivity contribution in [3.63, 3.8) is 0 Å². The number of aliphatic hydroxyl groups excluding tert-OH is 1. The van der Waals surface area contributed by atoms with Crippen molar-refractivity contribution in [3.05, 3.63) is 23.2 Å². The van der Waals surface area contributed by atoms with Gasteiger partial charge in [-0.3, -0.25) is 4.90 Å². The number of hydrogen-bond acceptors (Lipinski definition) is 7. The van der Waals surface area contributed by atoms with E-state index in [1.165, 1.54) is 28.5 Å². The molecule has 0 aromatic carbocycles. The lowest BCUT2D eigenvalue weighted by Crippen LogP contribution is -2.36. The van der Waals surface area contributed by atoms with E-state index in [1.807, 2.05) is 19.1 Å². The third kappa shape index (κ3) is 6.79. The van der Waals surface area contributed by atoms with Gasteiger partial charge in [0, 0.05) is 17.7 Å². The van der Waals surface area contributed by atoms with Gasteiger partial charge in [0.2, 0.25) is 0 Å². The zero-order valence-corrected chi connectivity index (χ0v) is 17.9. The van der Waals surface area contributed by atoms with Crippen LogP contribution in [0.2, 0.25) is 0 Å². The van der Waals surface area contributed by atoms with Crippen molar-refractivity contribution in [2.45, 2.75) is 68.5 Å². The van der Waals surface area contributed by atoms with Gasteiger partial charge in [-0.2, -0.15) is 0 Å². The van der Waals surface area contributed by atoms with Crippen molar-refractivity contribution in [3.8, 4) is 0 Å². The maximum atomic E-state index is 12.1. The quantitative estimate of drug-likeness (QED) is 0.294. The van der Waals surface area contributed by atoms with Crippen LogP contribution in [0.5, 0.6) is 0 Å². The second-order valence-electron chi connectivity index (χ2n) is 6.74. The Bertz CT molecular complexity index is 679. The summed E-state index contributed by atoms with van der Waals surface area (Å²) in [5, 5.41) is 20.5. The number of thiazole rings is 1. The molecule has 0 saturated carbocycles. The van der Waals surface area contributed by atoms with Gasteiger partial charge in [-0.15, -0.1) is 11.3 Å². The SMILES string of the molecule is CCCCCC(O)CC=CC1C(C)OC(=O)N1CCSc1nc(C(=O)O)cs1. The molecule has 1 aliphatic heterocycles. The van der Waals surface area contributed by atoms with Crippen LogP contribution >= 0.6 is 23.1 Å². The summed E-state index contributed by atoms with van der Waals surface area (Å²) >= 11 is 2.70. The first-order valence-corrected chi connectivity index (χ1v) is 11.4. The molecule has 7 nitrogen and oxygen atoms in total. The molecule has 0 bridgehead atoms. The first kappa shape index (κ1) is 22.7. The molecule has 0 radical (unpaired) electrons. The molecule has 3 atom stereocenters. The number of cyclic esters (lactones) is 1. The maximum Gasteiger partial charge on any atom is 0.410 e. The van der Waals surface area contributed by atoms with Crippen LogP contribution in [0.3, 0.4) is 0 Å². The number of thioether (sulfide) groups is 1. The zero-order valence-electron chi connectivity index (χ0n) is 16.2. The molecule has 1 aromatic rings. The summed E-state index contributed by atoms with van der Waals surface area (Å²) in [7, 11) is 0. The molecular formula is C19H28N2O5S2. The number of aromatic nitrogens is 1. The number of hydrogen-bond donors (Lipinski definition) is 2. The van der Waals surface area contributed by atoms with Crippen molar-refractivity contribution >= 4 is 35.2 Å². The highest BCUT2D eigenvalue weighted by molar-refractivity contribution is 8.01. The lowest BCUT2D eigenvalue weighted by atomic mass is 10.1. The van der Waals surface area contributed by atoms with Crippen LogP contribution in [0.15, 0.2) is 21.9 Å². The van der Waals surface area contributed by atoms with Crippen molar-refractivity contribution in [1.82, 2.24) is 9.88 Å². The lowest BCUT2D eigenvalue weighted by Gasteiger charge is -2.20. The van der Waals surface area contributed by atoms with Crippen LogP contribution in [-0.2, 0) is 4.74 Å². The van der Waals surface area contributed by atoms with E-state index >= 15 is 0 Å². The van der Waals surface area contributed by atoms with Gasteiger partial charge in [-0.1, -0.05) is 50.1 Å². The molecule has 1 saturated heterocycles. The molecule has 1 amide bonds. The largest absolute Gasteiger partial charge is 0.476 e. The van der Waals surface area contributed by atoms with Gasteiger partial charge in [-0.05, 0) is 19.8 Å². The summed E-state index contributed by atoms with van der Waals surface area (Å²) in [5.41, 5.74) is 0.0417. The topological polar surface area (TPSA) is 100.0 Å². The molecule has 2 N–H and O–H groups in total. The van der Waals surface area contributed by atoms with Crippen molar-refractivity contribution in [1.29, 1.82) is 0 Å². The fraction of sp³-hybridized carbons (Fsp3) is 0.632. The van der Waals surface area contributed by atoms with E-state index in [4.69, 9.17) is 9.84 Å². The number of aliphatic hydroxyl groups is 1. The smallest absolute Gasteiger partial charge is 0.410 e. The number of carbonyl (C=O) groups excluding carboxylic acids is 1. The minimum absolute atomic E-state index is 0.0417. The standard InChI is InChI=1S/C19H28N2O5S2/c1-3-4-5-7-14(22)8-6-9-16-13(2)26-19(25)21(16)10-11-27-18-20-15(12-28-18)17(23)24/h6,9,12-14,16,22H,3-5,7-8,10-11H2,1-2H3,(H,23,24). The van der Waals surface area contributed by atoms with E-state index < -0.39 is 5.97 Å². The average molecular weight is 429 g/mol. The van der Waals surface area contributed by atoms with E-state index in [1.54, 1.807) is 4.90 Å². The van der Waals surface area contributed by atoms with Crippen LogP contribution in [-0.4, -0.2) is 62.7 Å². The Morgan fingerprint density at radius 2 is 2.29 bits per heavy atom. The average Bonchev–Trinajstić information content (AvgIpc) is 3.21. The highest BCUT2D eigenvalue weighted by Crippen LogP contribution is 2.25. The molecule has 2 heterocycles. The van der Waals surface area contributed by atoms with Crippen LogP contribution in [0.1, 0.15) is 56.4 Å². The van der Waals surface area contributed by atoms with E-state index in [-0.39, 0.29) is 30.0 Å². The number of ether oxygens (including phenoxy) is 1. The fourth-order valence-electron chi connectivity index (χ4n) is 2.95. The summed E-state index contributed by atoms with van der Waals surface area (Å²) < 4.78 is 6.00. The summed E-state index contributed by atoms with van der Waals surface area (Å²) in [6, 6.07) is -0.165. The Hall–Kier alpha value is -1.58. The molecule has 2 rings (SSSR count). The van der Waals surface area contributed by atoms with E-state index in [9.17, 15) is 14.7 Å². The first-order valence-electron chi connectivity index (χ1n) is 9.56. The van der Waals surface area contributed by atoms with Gasteiger partial charge in [0.15, 0.2) is 10.0 Å². The Morgan fingerprint density at radius 1 is 1.50 bits per heavy atom. The van der Waals surface area contributed by atoms with Gasteiger partial charge in [0.25, 0.3) is 0 Å². The zero-order chi connectivity index (χ0) is 20.5. The summed E-state index contributed by atoms with van der Waals surface area (Å²) in [6.07, 6.45) is 7.57. The lowest BCUT2D eigenvalue weighted by molar-refractivity contribution is 0.0690. The van der Waals surface area contributed by atoms with Gasteiger partial charge >= 0.3 is 12.1 Å². The molecule has 9 heteroatoms. The van der Waals surface area contributed by atoms with Crippen LogP contribution in [0.4, 0.5) is 4.79 Å². The maximum absolute atomic E-state index is 12.1. The Kier molecular flexibility index (Phi) is 9.27. The third-order valence-electron chi connectivity index (χ3n) is 4.50. The molecule has 1 aliphatic rings. The van der Waals surface area contributed by atoms with Gasteiger partial charge in [0.05, 0.1) is 12.1 Å². The monoisotopic (exact) mass is 428 g/mol.